The molecule has 96 valence electrons. The summed E-state index contributed by atoms with van der Waals surface area (Å²) in [6.45, 7) is 5.01. The van der Waals surface area contributed by atoms with Gasteiger partial charge in [0.05, 0.1) is 5.52 Å². The maximum Gasteiger partial charge on any atom is 0.137 e. The second-order valence-electron chi connectivity index (χ2n) is 4.32. The van der Waals surface area contributed by atoms with Crippen molar-refractivity contribution in [3.8, 4) is 0 Å². The van der Waals surface area contributed by atoms with Crippen molar-refractivity contribution in [1.29, 1.82) is 0 Å². The largest absolute Gasteiger partial charge is 0.399 e. The molecule has 0 saturated heterocycles. The van der Waals surface area contributed by atoms with Gasteiger partial charge in [-0.25, -0.2) is 9.97 Å². The summed E-state index contributed by atoms with van der Waals surface area (Å²) in [6, 6.07) is 5.67. The van der Waals surface area contributed by atoms with E-state index in [4.69, 9.17) is 5.73 Å². The lowest BCUT2D eigenvalue weighted by Crippen LogP contribution is -2.25. The lowest BCUT2D eigenvalue weighted by Gasteiger charge is -2.15. The minimum absolute atomic E-state index is 0.728. The fraction of sp³-hybridized carbons (Fsp3) is 0.385. The van der Waals surface area contributed by atoms with Gasteiger partial charge in [0, 0.05) is 24.2 Å². The van der Waals surface area contributed by atoms with Crippen molar-refractivity contribution >= 4 is 22.4 Å². The van der Waals surface area contributed by atoms with Crippen LogP contribution in [0.15, 0.2) is 24.5 Å². The van der Waals surface area contributed by atoms with Gasteiger partial charge in [-0.3, -0.25) is 0 Å². The maximum absolute atomic E-state index is 5.80. The van der Waals surface area contributed by atoms with Crippen LogP contribution in [0, 0.1) is 0 Å². The van der Waals surface area contributed by atoms with E-state index in [1.165, 1.54) is 0 Å². The Morgan fingerprint density at radius 1 is 1.33 bits per heavy atom. The molecule has 0 unspecified atom stereocenters. The smallest absolute Gasteiger partial charge is 0.137 e. The van der Waals surface area contributed by atoms with E-state index in [-0.39, 0.29) is 0 Å². The summed E-state index contributed by atoms with van der Waals surface area (Å²) in [7, 11) is 2.09. The highest BCUT2D eigenvalue weighted by molar-refractivity contribution is 5.91. The SMILES string of the molecule is CCN(C)CCNc1ncnc2ccc(N)cc12. The summed E-state index contributed by atoms with van der Waals surface area (Å²) in [4.78, 5) is 10.7. The Morgan fingerprint density at radius 2 is 2.17 bits per heavy atom. The number of likely N-dealkylation sites (N-methyl/N-ethyl adjacent to an activating group) is 1. The lowest BCUT2D eigenvalue weighted by molar-refractivity contribution is 0.367. The molecule has 0 atom stereocenters. The number of nitrogens with zero attached hydrogens (tertiary/aromatic N) is 3. The third-order valence-corrected chi connectivity index (χ3v) is 2.99. The molecule has 0 radical (unpaired) electrons. The van der Waals surface area contributed by atoms with Crippen molar-refractivity contribution in [3.63, 3.8) is 0 Å². The molecule has 0 saturated carbocycles. The zero-order valence-corrected chi connectivity index (χ0v) is 10.8. The molecule has 0 fully saturated rings. The van der Waals surface area contributed by atoms with Crippen molar-refractivity contribution in [2.75, 3.05) is 37.7 Å². The number of hydrogen-bond donors (Lipinski definition) is 2. The summed E-state index contributed by atoms with van der Waals surface area (Å²) in [5.41, 5.74) is 7.44. The van der Waals surface area contributed by atoms with E-state index in [1.807, 2.05) is 18.2 Å². The number of nitrogens with two attached hydrogens (primary N) is 1. The molecule has 2 rings (SSSR count). The first-order chi connectivity index (χ1) is 8.70. The first-order valence-corrected chi connectivity index (χ1v) is 6.13. The predicted molar refractivity (Wildman–Crippen MR) is 75.6 cm³/mol. The molecule has 5 nitrogen and oxygen atoms in total. The van der Waals surface area contributed by atoms with Crippen molar-refractivity contribution in [2.45, 2.75) is 6.92 Å². The lowest BCUT2D eigenvalue weighted by atomic mass is 10.2. The van der Waals surface area contributed by atoms with Crippen LogP contribution in [0.3, 0.4) is 0 Å². The second-order valence-corrected chi connectivity index (χ2v) is 4.32. The molecular formula is C13H19N5. The zero-order valence-electron chi connectivity index (χ0n) is 10.8. The van der Waals surface area contributed by atoms with Crippen molar-refractivity contribution < 1.29 is 0 Å². The summed E-state index contributed by atoms with van der Waals surface area (Å²) in [5.74, 6) is 0.844. The van der Waals surface area contributed by atoms with Gasteiger partial charge in [0.25, 0.3) is 0 Å². The fourth-order valence-corrected chi connectivity index (χ4v) is 1.74. The third-order valence-electron chi connectivity index (χ3n) is 2.99. The minimum atomic E-state index is 0.728. The predicted octanol–water partition coefficient (Wildman–Crippen LogP) is 1.58. The summed E-state index contributed by atoms with van der Waals surface area (Å²) in [6.07, 6.45) is 1.57. The average Bonchev–Trinajstić information content (AvgIpc) is 2.39. The molecule has 0 aliphatic heterocycles. The van der Waals surface area contributed by atoms with E-state index in [0.717, 1.165) is 42.0 Å². The van der Waals surface area contributed by atoms with E-state index in [9.17, 15) is 0 Å². The Hall–Kier alpha value is -1.88. The molecule has 0 aliphatic rings. The molecule has 18 heavy (non-hydrogen) atoms. The van der Waals surface area contributed by atoms with Crippen LogP contribution in [-0.2, 0) is 0 Å². The van der Waals surface area contributed by atoms with E-state index < -0.39 is 0 Å². The van der Waals surface area contributed by atoms with Gasteiger partial charge >= 0.3 is 0 Å². The zero-order chi connectivity index (χ0) is 13.0. The molecule has 1 aromatic carbocycles. The van der Waals surface area contributed by atoms with E-state index in [1.54, 1.807) is 6.33 Å². The molecule has 1 aromatic heterocycles. The summed E-state index contributed by atoms with van der Waals surface area (Å²) in [5, 5.41) is 4.30. The van der Waals surface area contributed by atoms with Gasteiger partial charge in [-0.1, -0.05) is 6.92 Å². The summed E-state index contributed by atoms with van der Waals surface area (Å²) >= 11 is 0. The first-order valence-electron chi connectivity index (χ1n) is 6.13. The standard InChI is InChI=1S/C13H19N5/c1-3-18(2)7-6-15-13-11-8-10(14)4-5-12(11)16-9-17-13/h4-5,8-9H,3,6-7,14H2,1-2H3,(H,15,16,17). The van der Waals surface area contributed by atoms with Crippen LogP contribution in [0.1, 0.15) is 6.92 Å². The Kier molecular flexibility index (Phi) is 3.94. The van der Waals surface area contributed by atoms with Crippen LogP contribution >= 0.6 is 0 Å². The number of benzene rings is 1. The number of nitrogens with one attached hydrogen (secondary N) is 1. The van der Waals surface area contributed by atoms with Crippen molar-refractivity contribution in [2.24, 2.45) is 0 Å². The minimum Gasteiger partial charge on any atom is -0.399 e. The summed E-state index contributed by atoms with van der Waals surface area (Å²) < 4.78 is 0. The van der Waals surface area contributed by atoms with Gasteiger partial charge in [-0.15, -0.1) is 0 Å². The Bertz CT molecular complexity index is 526. The van der Waals surface area contributed by atoms with Gasteiger partial charge in [0.1, 0.15) is 12.1 Å². The number of fused-ring (bicyclic) bond motifs is 1. The quantitative estimate of drug-likeness (QED) is 0.783. The number of anilines is 2. The second kappa shape index (κ2) is 5.64. The van der Waals surface area contributed by atoms with Gasteiger partial charge in [0.2, 0.25) is 0 Å². The first kappa shape index (κ1) is 12.6. The highest BCUT2D eigenvalue weighted by Crippen LogP contribution is 2.21. The highest BCUT2D eigenvalue weighted by atomic mass is 15.1. The number of rotatable bonds is 5. The molecule has 0 bridgehead atoms. The van der Waals surface area contributed by atoms with Gasteiger partial charge < -0.3 is 16.0 Å². The van der Waals surface area contributed by atoms with Crippen molar-refractivity contribution in [3.05, 3.63) is 24.5 Å². The maximum atomic E-state index is 5.80. The fourth-order valence-electron chi connectivity index (χ4n) is 1.74. The number of hydrogen-bond acceptors (Lipinski definition) is 5. The van der Waals surface area contributed by atoms with E-state index in [2.05, 4.69) is 34.2 Å². The number of aromatic nitrogens is 2. The van der Waals surface area contributed by atoms with E-state index in [0.29, 0.717) is 0 Å². The van der Waals surface area contributed by atoms with Crippen LogP contribution in [0.25, 0.3) is 10.9 Å². The third kappa shape index (κ3) is 2.87. The monoisotopic (exact) mass is 245 g/mol. The van der Waals surface area contributed by atoms with Crippen LogP contribution in [0.4, 0.5) is 11.5 Å². The molecule has 0 amide bonds. The molecule has 5 heteroatoms. The Balaban J connectivity index is 2.15. The average molecular weight is 245 g/mol. The molecule has 2 aromatic rings. The molecule has 3 N–H and O–H groups in total. The Morgan fingerprint density at radius 3 is 2.94 bits per heavy atom. The molecule has 0 spiro atoms. The molecule has 1 heterocycles. The Labute approximate surface area is 107 Å². The normalized spacial score (nSPS) is 11.1. The van der Waals surface area contributed by atoms with Gasteiger partial charge in [0.15, 0.2) is 0 Å². The van der Waals surface area contributed by atoms with Crippen LogP contribution < -0.4 is 11.1 Å². The van der Waals surface area contributed by atoms with Crippen LogP contribution in [0.5, 0.6) is 0 Å². The topological polar surface area (TPSA) is 67.1 Å². The van der Waals surface area contributed by atoms with E-state index >= 15 is 0 Å². The number of nitrogen functional groups attached to an aromatic ring is 1. The van der Waals surface area contributed by atoms with Gasteiger partial charge in [-0.2, -0.15) is 0 Å². The molecule has 0 aliphatic carbocycles. The van der Waals surface area contributed by atoms with Gasteiger partial charge in [-0.05, 0) is 31.8 Å². The van der Waals surface area contributed by atoms with Crippen LogP contribution in [-0.4, -0.2) is 41.5 Å². The molecular weight excluding hydrogens is 226 g/mol. The van der Waals surface area contributed by atoms with Crippen LogP contribution in [0.2, 0.25) is 0 Å². The van der Waals surface area contributed by atoms with Crippen molar-refractivity contribution in [1.82, 2.24) is 14.9 Å². The highest BCUT2D eigenvalue weighted by Gasteiger charge is 2.03.